The van der Waals surface area contributed by atoms with E-state index in [1.54, 1.807) is 11.1 Å². The maximum Gasteiger partial charge on any atom is 0.223 e. The van der Waals surface area contributed by atoms with E-state index in [1.807, 2.05) is 24.7 Å². The summed E-state index contributed by atoms with van der Waals surface area (Å²) in [5.74, 6) is 1.31. The van der Waals surface area contributed by atoms with Crippen LogP contribution >= 0.6 is 0 Å². The summed E-state index contributed by atoms with van der Waals surface area (Å²) >= 11 is 0. The Morgan fingerprint density at radius 1 is 1.39 bits per heavy atom. The molecule has 2 aliphatic rings. The zero-order valence-electron chi connectivity index (χ0n) is 13.6. The number of aromatic nitrogens is 2. The van der Waals surface area contributed by atoms with E-state index in [2.05, 4.69) is 9.71 Å². The van der Waals surface area contributed by atoms with Gasteiger partial charge in [0, 0.05) is 44.9 Å². The highest BCUT2D eigenvalue weighted by Crippen LogP contribution is 2.37. The minimum Gasteiger partial charge on any atom is -0.336 e. The molecule has 2 atom stereocenters. The van der Waals surface area contributed by atoms with E-state index in [4.69, 9.17) is 0 Å². The molecule has 0 aromatic carbocycles. The molecule has 1 aliphatic carbocycles. The first-order valence-corrected chi connectivity index (χ1v) is 9.80. The average Bonchev–Trinajstić information content (AvgIpc) is 3.08. The number of amides is 1. The number of nitrogens with zero attached hydrogens (tertiary/aromatic N) is 3. The summed E-state index contributed by atoms with van der Waals surface area (Å²) in [5.41, 5.74) is 0. The van der Waals surface area contributed by atoms with Crippen molar-refractivity contribution in [1.82, 2.24) is 19.2 Å². The van der Waals surface area contributed by atoms with Crippen LogP contribution in [0.4, 0.5) is 0 Å². The Bertz CT molecular complexity index is 681. The molecule has 2 heterocycles. The van der Waals surface area contributed by atoms with Crippen molar-refractivity contribution in [3.05, 3.63) is 18.2 Å². The fraction of sp³-hybridized carbons (Fsp3) is 0.733. The van der Waals surface area contributed by atoms with Crippen LogP contribution < -0.4 is 4.72 Å². The van der Waals surface area contributed by atoms with Crippen LogP contribution in [0.1, 0.15) is 38.1 Å². The van der Waals surface area contributed by atoms with Gasteiger partial charge in [0.1, 0.15) is 5.82 Å². The van der Waals surface area contributed by atoms with E-state index in [0.29, 0.717) is 18.9 Å². The number of hydrogen-bond donors (Lipinski definition) is 1. The van der Waals surface area contributed by atoms with Gasteiger partial charge in [0.25, 0.3) is 0 Å². The Balaban J connectivity index is 1.74. The van der Waals surface area contributed by atoms with Crippen molar-refractivity contribution in [3.8, 4) is 0 Å². The van der Waals surface area contributed by atoms with Crippen LogP contribution in [-0.4, -0.2) is 47.6 Å². The van der Waals surface area contributed by atoms with Crippen molar-refractivity contribution in [3.63, 3.8) is 0 Å². The van der Waals surface area contributed by atoms with Crippen molar-refractivity contribution < 1.29 is 13.2 Å². The van der Waals surface area contributed by atoms with Crippen molar-refractivity contribution in [2.45, 2.75) is 32.2 Å². The molecular formula is C15H24N4O3S. The minimum atomic E-state index is -3.26. The van der Waals surface area contributed by atoms with Crippen LogP contribution in [0.25, 0.3) is 0 Å². The molecule has 1 saturated carbocycles. The predicted molar refractivity (Wildman–Crippen MR) is 86.0 cm³/mol. The zero-order chi connectivity index (χ0) is 16.6. The zero-order valence-corrected chi connectivity index (χ0v) is 14.4. The van der Waals surface area contributed by atoms with Gasteiger partial charge in [-0.1, -0.05) is 0 Å². The van der Waals surface area contributed by atoms with Gasteiger partial charge >= 0.3 is 0 Å². The third-order valence-electron chi connectivity index (χ3n) is 4.72. The van der Waals surface area contributed by atoms with Gasteiger partial charge in [-0.3, -0.25) is 4.79 Å². The van der Waals surface area contributed by atoms with E-state index in [9.17, 15) is 13.2 Å². The van der Waals surface area contributed by atoms with Gasteiger partial charge in [0.2, 0.25) is 15.9 Å². The van der Waals surface area contributed by atoms with Gasteiger partial charge in [0.05, 0.1) is 11.8 Å². The quantitative estimate of drug-likeness (QED) is 0.790. The van der Waals surface area contributed by atoms with Crippen molar-refractivity contribution in [1.29, 1.82) is 0 Å². The first-order chi connectivity index (χ1) is 10.9. The van der Waals surface area contributed by atoms with Crippen molar-refractivity contribution in [2.24, 2.45) is 18.9 Å². The molecule has 1 aliphatic heterocycles. The molecule has 128 valence electrons. The minimum absolute atomic E-state index is 0.0619. The van der Waals surface area contributed by atoms with Gasteiger partial charge in [-0.05, 0) is 25.7 Å². The molecule has 0 radical (unpaired) electrons. The number of likely N-dealkylation sites (tertiary alicyclic amines) is 1. The Kier molecular flexibility index (Phi) is 4.46. The lowest BCUT2D eigenvalue weighted by atomic mass is 10.00. The van der Waals surface area contributed by atoms with Gasteiger partial charge in [-0.15, -0.1) is 0 Å². The summed E-state index contributed by atoms with van der Waals surface area (Å²) < 4.78 is 28.8. The highest BCUT2D eigenvalue weighted by atomic mass is 32.2. The number of rotatable bonds is 7. The van der Waals surface area contributed by atoms with E-state index in [0.717, 1.165) is 18.7 Å². The number of aryl methyl sites for hydroxylation is 1. The van der Waals surface area contributed by atoms with Gasteiger partial charge in [-0.25, -0.2) is 18.1 Å². The smallest absolute Gasteiger partial charge is 0.223 e. The SMILES string of the molecule is CCN1C(=O)C[C@@H](CNS(=O)(=O)CC2CC2)[C@@H]1c1nccn1C. The lowest BCUT2D eigenvalue weighted by molar-refractivity contribution is -0.128. The fourth-order valence-corrected chi connectivity index (χ4v) is 4.86. The molecular weight excluding hydrogens is 316 g/mol. The monoisotopic (exact) mass is 340 g/mol. The summed E-state index contributed by atoms with van der Waals surface area (Å²) in [7, 11) is -1.36. The lowest BCUT2D eigenvalue weighted by Crippen LogP contribution is -2.36. The molecule has 3 rings (SSSR count). The van der Waals surface area contributed by atoms with E-state index < -0.39 is 10.0 Å². The third-order valence-corrected chi connectivity index (χ3v) is 6.24. The molecule has 1 aromatic heterocycles. The summed E-state index contributed by atoms with van der Waals surface area (Å²) in [6.07, 6.45) is 5.92. The Morgan fingerprint density at radius 3 is 2.70 bits per heavy atom. The first-order valence-electron chi connectivity index (χ1n) is 8.15. The van der Waals surface area contributed by atoms with E-state index >= 15 is 0 Å². The standard InChI is InChI=1S/C15H24N4O3S/c1-3-19-13(20)8-12(14(19)15-16-6-7-18(15)2)9-17-23(21,22)10-11-4-5-11/h6-7,11-12,14,17H,3-5,8-10H2,1-2H3/t12-,14+/m0/s1. The highest BCUT2D eigenvalue weighted by Gasteiger charge is 2.42. The summed E-state index contributed by atoms with van der Waals surface area (Å²) in [6, 6.07) is -0.170. The molecule has 8 heteroatoms. The van der Waals surface area contributed by atoms with E-state index in [1.165, 1.54) is 0 Å². The normalized spacial score (nSPS) is 25.3. The molecule has 0 bridgehead atoms. The summed E-state index contributed by atoms with van der Waals surface area (Å²) in [5, 5.41) is 0. The first kappa shape index (κ1) is 16.4. The van der Waals surface area contributed by atoms with Gasteiger partial charge in [-0.2, -0.15) is 0 Å². The van der Waals surface area contributed by atoms with Crippen LogP contribution in [0, 0.1) is 11.8 Å². The average molecular weight is 340 g/mol. The molecule has 2 fully saturated rings. The van der Waals surface area contributed by atoms with E-state index in [-0.39, 0.29) is 30.2 Å². The Morgan fingerprint density at radius 2 is 2.13 bits per heavy atom. The second kappa shape index (κ2) is 6.24. The number of imidazole rings is 1. The van der Waals surface area contributed by atoms with Gasteiger partial charge in [0.15, 0.2) is 0 Å². The predicted octanol–water partition coefficient (Wildman–Crippen LogP) is 0.659. The molecule has 0 unspecified atom stereocenters. The van der Waals surface area contributed by atoms with Crippen LogP contribution in [0.5, 0.6) is 0 Å². The highest BCUT2D eigenvalue weighted by molar-refractivity contribution is 7.89. The number of hydrogen-bond acceptors (Lipinski definition) is 4. The number of sulfonamides is 1. The summed E-state index contributed by atoms with van der Waals surface area (Å²) in [6.45, 7) is 2.82. The Labute approximate surface area is 137 Å². The maximum absolute atomic E-state index is 12.3. The number of carbonyl (C=O) groups is 1. The Hall–Kier alpha value is -1.41. The van der Waals surface area contributed by atoms with Crippen LogP contribution in [0.2, 0.25) is 0 Å². The molecule has 1 N–H and O–H groups in total. The number of nitrogens with one attached hydrogen (secondary N) is 1. The molecule has 23 heavy (non-hydrogen) atoms. The largest absolute Gasteiger partial charge is 0.336 e. The number of carbonyl (C=O) groups excluding carboxylic acids is 1. The third kappa shape index (κ3) is 3.58. The molecule has 1 aromatic rings. The van der Waals surface area contributed by atoms with Crippen LogP contribution in [0.3, 0.4) is 0 Å². The molecule has 1 amide bonds. The molecule has 1 saturated heterocycles. The second-order valence-electron chi connectivity index (χ2n) is 6.56. The van der Waals surface area contributed by atoms with Crippen molar-refractivity contribution in [2.75, 3.05) is 18.8 Å². The second-order valence-corrected chi connectivity index (χ2v) is 8.41. The van der Waals surface area contributed by atoms with Crippen LogP contribution in [0.15, 0.2) is 12.4 Å². The van der Waals surface area contributed by atoms with Crippen molar-refractivity contribution >= 4 is 15.9 Å². The molecule has 0 spiro atoms. The fourth-order valence-electron chi connectivity index (χ4n) is 3.32. The topological polar surface area (TPSA) is 84.3 Å². The summed E-state index contributed by atoms with van der Waals surface area (Å²) in [4.78, 5) is 18.4. The van der Waals surface area contributed by atoms with Gasteiger partial charge < -0.3 is 9.47 Å². The molecule has 7 nitrogen and oxygen atoms in total. The lowest BCUT2D eigenvalue weighted by Gasteiger charge is -2.27. The van der Waals surface area contributed by atoms with Crippen LogP contribution in [-0.2, 0) is 21.9 Å². The maximum atomic E-state index is 12.3.